The van der Waals surface area contributed by atoms with Gasteiger partial charge in [-0.2, -0.15) is 0 Å². The van der Waals surface area contributed by atoms with Crippen LogP contribution in [0.5, 0.6) is 0 Å². The highest BCUT2D eigenvalue weighted by Gasteiger charge is 2.36. The summed E-state index contributed by atoms with van der Waals surface area (Å²) in [4.78, 5) is 4.28. The van der Waals surface area contributed by atoms with Crippen LogP contribution in [0.2, 0.25) is 0 Å². The van der Waals surface area contributed by atoms with E-state index in [0.717, 1.165) is 23.3 Å². The van der Waals surface area contributed by atoms with Gasteiger partial charge in [0.2, 0.25) is 0 Å². The van der Waals surface area contributed by atoms with Gasteiger partial charge in [0, 0.05) is 19.3 Å². The molecule has 2 aromatic heterocycles. The van der Waals surface area contributed by atoms with Crippen LogP contribution >= 0.6 is 0 Å². The number of pyridine rings is 1. The number of nitrogens with one attached hydrogen (secondary N) is 2. The minimum Gasteiger partial charge on any atom is -0.353 e. The lowest BCUT2D eigenvalue weighted by Crippen LogP contribution is -2.39. The van der Waals surface area contributed by atoms with Crippen molar-refractivity contribution in [2.24, 2.45) is 10.9 Å². The zero-order valence-corrected chi connectivity index (χ0v) is 12.6. The summed E-state index contributed by atoms with van der Waals surface area (Å²) >= 11 is 0. The van der Waals surface area contributed by atoms with E-state index in [-0.39, 0.29) is 0 Å². The van der Waals surface area contributed by atoms with Crippen LogP contribution < -0.4 is 10.6 Å². The Morgan fingerprint density at radius 2 is 2.33 bits per heavy atom. The van der Waals surface area contributed by atoms with E-state index in [9.17, 15) is 0 Å². The molecular formula is C15H22N6. The van der Waals surface area contributed by atoms with E-state index in [4.69, 9.17) is 0 Å². The highest BCUT2D eigenvalue weighted by Crippen LogP contribution is 2.34. The number of rotatable bonds is 5. The largest absolute Gasteiger partial charge is 0.353 e. The van der Waals surface area contributed by atoms with E-state index in [1.165, 1.54) is 19.3 Å². The van der Waals surface area contributed by atoms with Crippen LogP contribution in [0.4, 0.5) is 0 Å². The molecule has 2 atom stereocenters. The number of hydrogen-bond donors (Lipinski definition) is 2. The second-order valence-corrected chi connectivity index (χ2v) is 5.51. The Bertz CT molecular complexity index is 632. The van der Waals surface area contributed by atoms with Crippen LogP contribution in [0.15, 0.2) is 29.4 Å². The van der Waals surface area contributed by atoms with Crippen molar-refractivity contribution in [2.75, 3.05) is 7.05 Å². The van der Waals surface area contributed by atoms with Gasteiger partial charge in [0.25, 0.3) is 0 Å². The Hall–Kier alpha value is -2.11. The Morgan fingerprint density at radius 3 is 3.14 bits per heavy atom. The van der Waals surface area contributed by atoms with E-state index in [0.29, 0.717) is 12.6 Å². The molecule has 2 aromatic rings. The lowest BCUT2D eigenvalue weighted by atomic mass is 10.2. The molecule has 0 saturated heterocycles. The normalized spacial score (nSPS) is 21.5. The van der Waals surface area contributed by atoms with E-state index in [2.05, 4.69) is 32.7 Å². The quantitative estimate of drug-likeness (QED) is 0.647. The SMILES string of the molecule is CCCC1CC1NC(=NC)NCc1nnc2ccccn12. The van der Waals surface area contributed by atoms with Gasteiger partial charge >= 0.3 is 0 Å². The van der Waals surface area contributed by atoms with Gasteiger partial charge < -0.3 is 10.6 Å². The van der Waals surface area contributed by atoms with Crippen LogP contribution in [-0.4, -0.2) is 33.6 Å². The molecule has 1 saturated carbocycles. The van der Waals surface area contributed by atoms with Crippen LogP contribution in [0.1, 0.15) is 32.0 Å². The maximum atomic E-state index is 4.28. The zero-order valence-electron chi connectivity index (χ0n) is 12.6. The first kappa shape index (κ1) is 13.9. The molecule has 1 aliphatic rings. The van der Waals surface area contributed by atoms with Crippen molar-refractivity contribution in [3.63, 3.8) is 0 Å². The minimum absolute atomic E-state index is 0.575. The van der Waals surface area contributed by atoms with Crippen LogP contribution in [0, 0.1) is 5.92 Å². The molecule has 6 heteroatoms. The first-order chi connectivity index (χ1) is 10.3. The summed E-state index contributed by atoms with van der Waals surface area (Å²) in [5.74, 6) is 2.53. The van der Waals surface area contributed by atoms with Gasteiger partial charge in [-0.3, -0.25) is 9.39 Å². The lowest BCUT2D eigenvalue weighted by Gasteiger charge is -2.11. The van der Waals surface area contributed by atoms with Gasteiger partial charge in [0.15, 0.2) is 17.4 Å². The maximum absolute atomic E-state index is 4.28. The molecule has 0 radical (unpaired) electrons. The molecule has 112 valence electrons. The Kier molecular flexibility index (Phi) is 4.03. The molecule has 0 amide bonds. The second-order valence-electron chi connectivity index (χ2n) is 5.51. The number of fused-ring (bicyclic) bond motifs is 1. The van der Waals surface area contributed by atoms with E-state index in [1.807, 2.05) is 28.8 Å². The van der Waals surface area contributed by atoms with E-state index < -0.39 is 0 Å². The molecule has 1 aliphatic carbocycles. The van der Waals surface area contributed by atoms with Gasteiger partial charge in [-0.15, -0.1) is 10.2 Å². The number of aliphatic imine (C=N–C) groups is 1. The van der Waals surface area contributed by atoms with E-state index in [1.54, 1.807) is 7.05 Å². The van der Waals surface area contributed by atoms with Crippen molar-refractivity contribution in [1.29, 1.82) is 0 Å². The third-order valence-corrected chi connectivity index (χ3v) is 3.93. The fraction of sp³-hybridized carbons (Fsp3) is 0.533. The van der Waals surface area contributed by atoms with Crippen molar-refractivity contribution >= 4 is 11.6 Å². The summed E-state index contributed by atoms with van der Waals surface area (Å²) in [6.07, 6.45) is 5.77. The molecule has 3 rings (SSSR count). The average molecular weight is 286 g/mol. The van der Waals surface area contributed by atoms with Gasteiger partial charge in [-0.25, -0.2) is 0 Å². The Labute approximate surface area is 124 Å². The molecule has 1 fully saturated rings. The molecule has 0 bridgehead atoms. The third kappa shape index (κ3) is 3.15. The Morgan fingerprint density at radius 1 is 1.43 bits per heavy atom. The average Bonchev–Trinajstić information content (AvgIpc) is 3.10. The number of guanidine groups is 1. The Balaban J connectivity index is 1.56. The predicted octanol–water partition coefficient (Wildman–Crippen LogP) is 1.58. The van der Waals surface area contributed by atoms with E-state index >= 15 is 0 Å². The smallest absolute Gasteiger partial charge is 0.191 e. The summed E-state index contributed by atoms with van der Waals surface area (Å²) in [5, 5.41) is 15.1. The summed E-state index contributed by atoms with van der Waals surface area (Å²) in [6.45, 7) is 2.84. The topological polar surface area (TPSA) is 66.6 Å². The lowest BCUT2D eigenvalue weighted by molar-refractivity contribution is 0.653. The molecule has 6 nitrogen and oxygen atoms in total. The molecular weight excluding hydrogens is 264 g/mol. The minimum atomic E-state index is 0.575. The van der Waals surface area contributed by atoms with Crippen molar-refractivity contribution in [3.05, 3.63) is 30.2 Å². The number of hydrogen-bond acceptors (Lipinski definition) is 3. The van der Waals surface area contributed by atoms with Crippen molar-refractivity contribution in [3.8, 4) is 0 Å². The van der Waals surface area contributed by atoms with Crippen molar-refractivity contribution < 1.29 is 0 Å². The summed E-state index contributed by atoms with van der Waals surface area (Å²) in [5.41, 5.74) is 0.863. The first-order valence-corrected chi connectivity index (χ1v) is 7.57. The van der Waals surface area contributed by atoms with Gasteiger partial charge in [-0.1, -0.05) is 19.4 Å². The highest BCUT2D eigenvalue weighted by molar-refractivity contribution is 5.80. The highest BCUT2D eigenvalue weighted by atomic mass is 15.3. The first-order valence-electron chi connectivity index (χ1n) is 7.57. The molecule has 21 heavy (non-hydrogen) atoms. The van der Waals surface area contributed by atoms with Crippen molar-refractivity contribution in [2.45, 2.75) is 38.8 Å². The summed E-state index contributed by atoms with van der Waals surface area (Å²) in [6, 6.07) is 6.46. The monoisotopic (exact) mass is 286 g/mol. The van der Waals surface area contributed by atoms with Crippen molar-refractivity contribution in [1.82, 2.24) is 25.2 Å². The molecule has 0 aliphatic heterocycles. The molecule has 2 unspecified atom stereocenters. The molecule has 0 spiro atoms. The molecule has 2 heterocycles. The van der Waals surface area contributed by atoms with Gasteiger partial charge in [-0.05, 0) is 30.9 Å². The zero-order chi connectivity index (χ0) is 14.7. The molecule has 2 N–H and O–H groups in total. The van der Waals surface area contributed by atoms with Crippen LogP contribution in [0.3, 0.4) is 0 Å². The van der Waals surface area contributed by atoms with Crippen LogP contribution in [-0.2, 0) is 6.54 Å². The fourth-order valence-electron chi connectivity index (χ4n) is 2.66. The predicted molar refractivity (Wildman–Crippen MR) is 83.1 cm³/mol. The molecule has 0 aromatic carbocycles. The summed E-state index contributed by atoms with van der Waals surface area (Å²) < 4.78 is 1.98. The maximum Gasteiger partial charge on any atom is 0.191 e. The number of nitrogens with zero attached hydrogens (tertiary/aromatic N) is 4. The van der Waals surface area contributed by atoms with Gasteiger partial charge in [0.1, 0.15) is 0 Å². The summed E-state index contributed by atoms with van der Waals surface area (Å²) in [7, 11) is 1.80. The fourth-order valence-corrected chi connectivity index (χ4v) is 2.66. The van der Waals surface area contributed by atoms with Gasteiger partial charge in [0.05, 0.1) is 6.54 Å². The number of aromatic nitrogens is 3. The van der Waals surface area contributed by atoms with Crippen LogP contribution in [0.25, 0.3) is 5.65 Å². The standard InChI is InChI=1S/C15H22N6/c1-3-6-11-9-12(11)18-15(16-2)17-10-14-20-19-13-7-4-5-8-21(13)14/h4-5,7-8,11-12H,3,6,9-10H2,1-2H3,(H2,16,17,18). The second kappa shape index (κ2) is 6.11. The third-order valence-electron chi connectivity index (χ3n) is 3.93.